The Morgan fingerprint density at radius 1 is 1.53 bits per heavy atom. The summed E-state index contributed by atoms with van der Waals surface area (Å²) in [6, 6.07) is 2.07. The van der Waals surface area contributed by atoms with Crippen molar-refractivity contribution in [2.24, 2.45) is 5.41 Å². The van der Waals surface area contributed by atoms with Crippen LogP contribution in [-0.2, 0) is 13.0 Å². The summed E-state index contributed by atoms with van der Waals surface area (Å²) in [5.41, 5.74) is 2.57. The minimum atomic E-state index is -0.316. The van der Waals surface area contributed by atoms with Crippen LogP contribution < -0.4 is 0 Å². The second-order valence-electron chi connectivity index (χ2n) is 6.25. The monoisotopic (exact) mass is 276 g/mol. The molecule has 0 saturated heterocycles. The number of aliphatic hydroxyl groups is 1. The van der Waals surface area contributed by atoms with Gasteiger partial charge in [-0.2, -0.15) is 0 Å². The van der Waals surface area contributed by atoms with Crippen molar-refractivity contribution in [3.8, 4) is 0 Å². The molecule has 102 valence electrons. The van der Waals surface area contributed by atoms with Gasteiger partial charge in [0.2, 0.25) is 0 Å². The van der Waals surface area contributed by atoms with Crippen LogP contribution in [0.4, 0.5) is 0 Å². The molecular weight excluding hydrogens is 256 g/mol. The first kappa shape index (κ1) is 12.9. The third-order valence-electron chi connectivity index (χ3n) is 3.86. The lowest BCUT2D eigenvalue weighted by molar-refractivity contribution is 0.0981. The number of rotatable bonds is 2. The van der Waals surface area contributed by atoms with Crippen LogP contribution in [0.5, 0.6) is 0 Å². The minimum Gasteiger partial charge on any atom is -0.388 e. The van der Waals surface area contributed by atoms with E-state index in [9.17, 15) is 5.11 Å². The molecule has 19 heavy (non-hydrogen) atoms. The van der Waals surface area contributed by atoms with Gasteiger partial charge in [-0.1, -0.05) is 13.8 Å². The van der Waals surface area contributed by atoms with E-state index in [0.717, 1.165) is 30.0 Å². The van der Waals surface area contributed by atoms with Gasteiger partial charge in [0.1, 0.15) is 0 Å². The number of fused-ring (bicyclic) bond motifs is 1. The van der Waals surface area contributed by atoms with E-state index in [0.29, 0.717) is 0 Å². The number of hydrogen-bond donors (Lipinski definition) is 1. The number of nitrogens with zero attached hydrogens (tertiary/aromatic N) is 2. The fourth-order valence-electron chi connectivity index (χ4n) is 2.98. The van der Waals surface area contributed by atoms with Crippen LogP contribution in [-0.4, -0.2) is 14.7 Å². The molecule has 1 aliphatic carbocycles. The van der Waals surface area contributed by atoms with E-state index < -0.39 is 0 Å². The summed E-state index contributed by atoms with van der Waals surface area (Å²) in [7, 11) is 0. The molecule has 0 radical (unpaired) electrons. The fraction of sp³-hybridized carbons (Fsp3) is 0.533. The Morgan fingerprint density at radius 2 is 2.32 bits per heavy atom. The lowest BCUT2D eigenvalue weighted by atomic mass is 9.75. The summed E-state index contributed by atoms with van der Waals surface area (Å²) in [6.45, 7) is 7.36. The standard InChI is InChI=1S/C15H20N2OS/c1-10-16-8-11(19-10)9-17-5-4-12-13(17)6-15(2,3)7-14(12)18/h4-5,8,14,18H,6-7,9H2,1-3H3. The van der Waals surface area contributed by atoms with E-state index in [1.165, 1.54) is 10.6 Å². The van der Waals surface area contributed by atoms with Crippen LogP contribution in [0, 0.1) is 12.3 Å². The molecule has 0 aromatic carbocycles. The quantitative estimate of drug-likeness (QED) is 0.914. The van der Waals surface area contributed by atoms with Gasteiger partial charge >= 0.3 is 0 Å². The molecule has 0 spiro atoms. The number of aliphatic hydroxyl groups excluding tert-OH is 1. The molecule has 0 saturated carbocycles. The highest BCUT2D eigenvalue weighted by Crippen LogP contribution is 2.41. The normalized spacial score (nSPS) is 21.4. The van der Waals surface area contributed by atoms with Crippen molar-refractivity contribution in [1.82, 2.24) is 9.55 Å². The van der Waals surface area contributed by atoms with Crippen molar-refractivity contribution < 1.29 is 5.11 Å². The summed E-state index contributed by atoms with van der Waals surface area (Å²) < 4.78 is 2.27. The van der Waals surface area contributed by atoms with E-state index in [-0.39, 0.29) is 11.5 Å². The first-order chi connectivity index (χ1) is 8.94. The van der Waals surface area contributed by atoms with Crippen molar-refractivity contribution in [1.29, 1.82) is 0 Å². The first-order valence-electron chi connectivity index (χ1n) is 6.72. The molecule has 1 aliphatic rings. The van der Waals surface area contributed by atoms with Crippen molar-refractivity contribution in [3.63, 3.8) is 0 Å². The summed E-state index contributed by atoms with van der Waals surface area (Å²) in [4.78, 5) is 5.58. The first-order valence-corrected chi connectivity index (χ1v) is 7.53. The van der Waals surface area contributed by atoms with Crippen LogP contribution in [0.3, 0.4) is 0 Å². The van der Waals surface area contributed by atoms with Crippen LogP contribution >= 0.6 is 11.3 Å². The lowest BCUT2D eigenvalue weighted by Crippen LogP contribution is -2.26. The zero-order chi connectivity index (χ0) is 13.6. The van der Waals surface area contributed by atoms with E-state index in [1.54, 1.807) is 11.3 Å². The summed E-state index contributed by atoms with van der Waals surface area (Å²) in [5.74, 6) is 0. The molecule has 0 bridgehead atoms. The summed E-state index contributed by atoms with van der Waals surface area (Å²) >= 11 is 1.74. The average molecular weight is 276 g/mol. The number of aromatic nitrogens is 2. The van der Waals surface area contributed by atoms with Gasteiger partial charge in [-0.15, -0.1) is 11.3 Å². The second-order valence-corrected chi connectivity index (χ2v) is 7.57. The van der Waals surface area contributed by atoms with Crippen LogP contribution in [0.25, 0.3) is 0 Å². The molecule has 1 unspecified atom stereocenters. The Kier molecular flexibility index (Phi) is 3.02. The molecule has 0 fully saturated rings. The summed E-state index contributed by atoms with van der Waals surface area (Å²) in [5, 5.41) is 11.4. The van der Waals surface area contributed by atoms with Gasteiger partial charge in [-0.25, -0.2) is 4.98 Å². The van der Waals surface area contributed by atoms with Gasteiger partial charge in [-0.3, -0.25) is 0 Å². The van der Waals surface area contributed by atoms with Crippen molar-refractivity contribution in [2.45, 2.75) is 46.3 Å². The molecule has 4 heteroatoms. The molecule has 2 aromatic rings. The predicted molar refractivity (Wildman–Crippen MR) is 77.4 cm³/mol. The van der Waals surface area contributed by atoms with Gasteiger partial charge in [0.15, 0.2) is 0 Å². The Morgan fingerprint density at radius 3 is 3.00 bits per heavy atom. The largest absolute Gasteiger partial charge is 0.388 e. The van der Waals surface area contributed by atoms with E-state index in [2.05, 4.69) is 35.7 Å². The van der Waals surface area contributed by atoms with E-state index in [1.807, 2.05) is 13.1 Å². The Labute approximate surface area is 117 Å². The highest BCUT2D eigenvalue weighted by atomic mass is 32.1. The van der Waals surface area contributed by atoms with Gasteiger partial charge in [-0.05, 0) is 31.2 Å². The molecule has 3 rings (SSSR count). The van der Waals surface area contributed by atoms with Gasteiger partial charge in [0.05, 0.1) is 17.7 Å². The number of thiazole rings is 1. The van der Waals surface area contributed by atoms with Gasteiger partial charge < -0.3 is 9.67 Å². The third kappa shape index (κ3) is 2.47. The average Bonchev–Trinajstić information content (AvgIpc) is 2.86. The van der Waals surface area contributed by atoms with Gasteiger partial charge in [0.25, 0.3) is 0 Å². The topological polar surface area (TPSA) is 38.0 Å². The maximum Gasteiger partial charge on any atom is 0.0897 e. The molecule has 1 N–H and O–H groups in total. The lowest BCUT2D eigenvalue weighted by Gasteiger charge is -2.33. The van der Waals surface area contributed by atoms with Crippen LogP contribution in [0.15, 0.2) is 18.5 Å². The number of hydrogen-bond acceptors (Lipinski definition) is 3. The van der Waals surface area contributed by atoms with Crippen molar-refractivity contribution in [2.75, 3.05) is 0 Å². The van der Waals surface area contributed by atoms with E-state index >= 15 is 0 Å². The molecule has 1 atom stereocenters. The molecule has 0 aliphatic heterocycles. The van der Waals surface area contributed by atoms with Crippen molar-refractivity contribution >= 4 is 11.3 Å². The molecule has 0 amide bonds. The van der Waals surface area contributed by atoms with E-state index in [4.69, 9.17) is 0 Å². The summed E-state index contributed by atoms with van der Waals surface area (Å²) in [6.07, 6.45) is 5.62. The molecule has 3 nitrogen and oxygen atoms in total. The third-order valence-corrected chi connectivity index (χ3v) is 4.76. The van der Waals surface area contributed by atoms with Gasteiger partial charge in [0, 0.05) is 28.5 Å². The van der Waals surface area contributed by atoms with Crippen molar-refractivity contribution in [3.05, 3.63) is 39.6 Å². The second kappa shape index (κ2) is 4.46. The highest BCUT2D eigenvalue weighted by Gasteiger charge is 2.33. The van der Waals surface area contributed by atoms with Crippen LogP contribution in [0.2, 0.25) is 0 Å². The predicted octanol–water partition coefficient (Wildman–Crippen LogP) is 3.31. The molecule has 2 heterocycles. The highest BCUT2D eigenvalue weighted by molar-refractivity contribution is 7.11. The Bertz CT molecular complexity index is 597. The minimum absolute atomic E-state index is 0.173. The fourth-order valence-corrected chi connectivity index (χ4v) is 3.78. The molecular formula is C15H20N2OS. The zero-order valence-electron chi connectivity index (χ0n) is 11.7. The maximum atomic E-state index is 10.3. The SMILES string of the molecule is Cc1ncc(Cn2ccc3c2CC(C)(C)CC3O)s1. The van der Waals surface area contributed by atoms with Crippen LogP contribution in [0.1, 0.15) is 47.5 Å². The smallest absolute Gasteiger partial charge is 0.0897 e. The Balaban J connectivity index is 1.92. The number of aryl methyl sites for hydroxylation is 1. The molecule has 2 aromatic heterocycles. The zero-order valence-corrected chi connectivity index (χ0v) is 12.5. The Hall–Kier alpha value is -1.13. The maximum absolute atomic E-state index is 10.3.